The Hall–Kier alpha value is -0.890. The summed E-state index contributed by atoms with van der Waals surface area (Å²) < 4.78 is 1.73. The fourth-order valence-electron chi connectivity index (χ4n) is 0.754. The molecule has 76 valence electrons. The Morgan fingerprint density at radius 1 is 1.64 bits per heavy atom. The molecule has 1 aromatic heterocycles. The monoisotopic (exact) mass is 278 g/mol. The topological polar surface area (TPSA) is 73.8 Å². The third kappa shape index (κ3) is 2.81. The van der Waals surface area contributed by atoms with Crippen molar-refractivity contribution in [2.45, 2.75) is 6.54 Å². The molecule has 8 heteroatoms. The van der Waals surface area contributed by atoms with Crippen LogP contribution in [0.5, 0.6) is 0 Å². The smallest absolute Gasteiger partial charge is 0.390 e. The first-order chi connectivity index (χ1) is 6.65. The Bertz CT molecular complexity index is 365. The average Bonchev–Trinajstić information content (AvgIpc) is 2.49. The Morgan fingerprint density at radius 3 is 2.86 bits per heavy atom. The van der Waals surface area contributed by atoms with Gasteiger partial charge in [-0.2, -0.15) is 17.3 Å². The molecule has 14 heavy (non-hydrogen) atoms. The normalized spacial score (nSPS) is 11.0. The maximum Gasteiger partial charge on any atom is 0.492 e. The van der Waals surface area contributed by atoms with Crippen molar-refractivity contribution in [3.05, 3.63) is 27.0 Å². The van der Waals surface area contributed by atoms with Crippen LogP contribution in [0.2, 0.25) is 0 Å². The first-order valence-corrected chi connectivity index (χ1v) is 5.08. The lowest BCUT2D eigenvalue weighted by molar-refractivity contribution is -0.394. The Morgan fingerprint density at radius 2 is 2.36 bits per heavy atom. The fourth-order valence-corrected chi connectivity index (χ4v) is 1.29. The zero-order chi connectivity index (χ0) is 10.6. The van der Waals surface area contributed by atoms with E-state index in [1.165, 1.54) is 4.68 Å². The van der Waals surface area contributed by atoms with Crippen LogP contribution in [0, 0.1) is 10.1 Å². The van der Waals surface area contributed by atoms with E-state index in [0.717, 1.165) is 0 Å². The van der Waals surface area contributed by atoms with Crippen molar-refractivity contribution >= 4 is 34.5 Å². The summed E-state index contributed by atoms with van der Waals surface area (Å²) in [6, 6.07) is 0. The highest BCUT2D eigenvalue weighted by Gasteiger charge is 2.17. The van der Waals surface area contributed by atoms with E-state index in [-0.39, 0.29) is 0 Å². The van der Waals surface area contributed by atoms with Crippen LogP contribution in [0.25, 0.3) is 0 Å². The second-order valence-electron chi connectivity index (χ2n) is 2.27. The molecule has 0 fully saturated rings. The molecular formula is C6H7BrN4O2S. The SMILES string of the molecule is O=[N+]([O-])c1nc(Br)n(C/C=C/CS)n1. The third-order valence-corrected chi connectivity index (χ3v) is 2.13. The highest BCUT2D eigenvalue weighted by atomic mass is 79.9. The first kappa shape index (κ1) is 11.2. The number of hydrogen-bond donors (Lipinski definition) is 1. The second-order valence-corrected chi connectivity index (χ2v) is 3.35. The molecule has 0 radical (unpaired) electrons. The van der Waals surface area contributed by atoms with Crippen LogP contribution in [-0.4, -0.2) is 25.4 Å². The third-order valence-electron chi connectivity index (χ3n) is 1.33. The van der Waals surface area contributed by atoms with Gasteiger partial charge in [0.2, 0.25) is 0 Å². The highest BCUT2D eigenvalue weighted by molar-refractivity contribution is 9.10. The first-order valence-electron chi connectivity index (χ1n) is 3.65. The number of nitro groups is 1. The van der Waals surface area contributed by atoms with Gasteiger partial charge >= 0.3 is 5.95 Å². The summed E-state index contributed by atoms with van der Waals surface area (Å²) in [7, 11) is 0. The zero-order valence-electron chi connectivity index (χ0n) is 7.00. The summed E-state index contributed by atoms with van der Waals surface area (Å²) in [6.07, 6.45) is 3.62. The minimum Gasteiger partial charge on any atom is -0.390 e. The van der Waals surface area contributed by atoms with E-state index in [2.05, 4.69) is 38.6 Å². The van der Waals surface area contributed by atoms with Crippen molar-refractivity contribution in [3.8, 4) is 0 Å². The largest absolute Gasteiger partial charge is 0.492 e. The predicted octanol–water partition coefficient (Wildman–Crippen LogP) is 1.43. The number of nitrogens with zero attached hydrogens (tertiary/aromatic N) is 4. The predicted molar refractivity (Wildman–Crippen MR) is 57.4 cm³/mol. The van der Waals surface area contributed by atoms with Gasteiger partial charge in [-0.25, -0.2) is 0 Å². The van der Waals surface area contributed by atoms with Gasteiger partial charge in [-0.15, -0.1) is 0 Å². The maximum absolute atomic E-state index is 10.3. The van der Waals surface area contributed by atoms with E-state index >= 15 is 0 Å². The van der Waals surface area contributed by atoms with Crippen molar-refractivity contribution in [2.24, 2.45) is 0 Å². The molecule has 0 aromatic carbocycles. The molecule has 1 rings (SSSR count). The van der Waals surface area contributed by atoms with Crippen LogP contribution in [0.1, 0.15) is 0 Å². The molecule has 0 N–H and O–H groups in total. The molecule has 0 spiro atoms. The van der Waals surface area contributed by atoms with E-state index < -0.39 is 10.9 Å². The van der Waals surface area contributed by atoms with Gasteiger partial charge in [0, 0.05) is 26.8 Å². The van der Waals surface area contributed by atoms with Gasteiger partial charge in [0.05, 0.1) is 6.54 Å². The molecule has 0 aliphatic heterocycles. The number of halogens is 1. The van der Waals surface area contributed by atoms with Crippen molar-refractivity contribution in [2.75, 3.05) is 5.75 Å². The van der Waals surface area contributed by atoms with E-state index in [0.29, 0.717) is 17.0 Å². The molecule has 0 unspecified atom stereocenters. The van der Waals surface area contributed by atoms with Gasteiger partial charge < -0.3 is 10.1 Å². The Balaban J connectivity index is 2.77. The molecule has 6 nitrogen and oxygen atoms in total. The molecule has 0 aliphatic rings. The van der Waals surface area contributed by atoms with E-state index in [1.807, 2.05) is 6.08 Å². The van der Waals surface area contributed by atoms with Gasteiger partial charge in [0.25, 0.3) is 4.73 Å². The van der Waals surface area contributed by atoms with Crippen LogP contribution in [0.4, 0.5) is 5.95 Å². The summed E-state index contributed by atoms with van der Waals surface area (Å²) in [5, 5.41) is 14.0. The molecule has 0 saturated carbocycles. The lowest BCUT2D eigenvalue weighted by Gasteiger charge is -1.88. The van der Waals surface area contributed by atoms with Crippen LogP contribution in [-0.2, 0) is 6.54 Å². The highest BCUT2D eigenvalue weighted by Crippen LogP contribution is 2.11. The number of aromatic nitrogens is 3. The molecule has 0 saturated heterocycles. The van der Waals surface area contributed by atoms with Crippen molar-refractivity contribution in [1.82, 2.24) is 14.8 Å². The van der Waals surface area contributed by atoms with Gasteiger partial charge in [-0.05, 0) is 9.91 Å². The number of thiol groups is 1. The van der Waals surface area contributed by atoms with Crippen LogP contribution >= 0.6 is 28.6 Å². The minimum atomic E-state index is -0.635. The average molecular weight is 279 g/mol. The zero-order valence-corrected chi connectivity index (χ0v) is 9.48. The lowest BCUT2D eigenvalue weighted by atomic mass is 10.5. The van der Waals surface area contributed by atoms with Crippen molar-refractivity contribution in [1.29, 1.82) is 0 Å². The van der Waals surface area contributed by atoms with Crippen LogP contribution < -0.4 is 0 Å². The van der Waals surface area contributed by atoms with Gasteiger partial charge in [-0.3, -0.25) is 0 Å². The summed E-state index contributed by atoms with van der Waals surface area (Å²) in [5.41, 5.74) is 0. The second kappa shape index (κ2) is 5.11. The van der Waals surface area contributed by atoms with E-state index in [1.54, 1.807) is 6.08 Å². The van der Waals surface area contributed by atoms with Crippen LogP contribution in [0.15, 0.2) is 16.9 Å². The number of allylic oxidation sites excluding steroid dienone is 1. The Labute approximate surface area is 93.7 Å². The van der Waals surface area contributed by atoms with E-state index in [4.69, 9.17) is 0 Å². The Kier molecular flexibility index (Phi) is 4.08. The number of rotatable bonds is 4. The lowest BCUT2D eigenvalue weighted by Crippen LogP contribution is -1.99. The molecule has 0 atom stereocenters. The summed E-state index contributed by atoms with van der Waals surface area (Å²) in [5.74, 6) is 0.213. The van der Waals surface area contributed by atoms with Crippen molar-refractivity contribution < 1.29 is 4.92 Å². The molecule has 0 bridgehead atoms. The summed E-state index contributed by atoms with van der Waals surface area (Å²) >= 11 is 7.05. The molecular weight excluding hydrogens is 272 g/mol. The quantitative estimate of drug-likeness (QED) is 0.391. The summed E-state index contributed by atoms with van der Waals surface area (Å²) in [6.45, 7) is 0.433. The molecule has 1 heterocycles. The summed E-state index contributed by atoms with van der Waals surface area (Å²) in [4.78, 5) is 13.3. The number of hydrogen-bond acceptors (Lipinski definition) is 5. The maximum atomic E-state index is 10.3. The molecule has 1 aromatic rings. The van der Waals surface area contributed by atoms with E-state index in [9.17, 15) is 10.1 Å². The standard InChI is InChI=1S/C6H7BrN4O2S/c7-5-8-6(11(12)13)9-10(5)3-1-2-4-14/h1-2,14H,3-4H2/b2-1+. The minimum absolute atomic E-state index is 0.341. The van der Waals surface area contributed by atoms with Gasteiger partial charge in [0.1, 0.15) is 0 Å². The fraction of sp³-hybridized carbons (Fsp3) is 0.333. The van der Waals surface area contributed by atoms with Crippen molar-refractivity contribution in [3.63, 3.8) is 0 Å². The van der Waals surface area contributed by atoms with Crippen LogP contribution in [0.3, 0.4) is 0 Å². The van der Waals surface area contributed by atoms with Gasteiger partial charge in [-0.1, -0.05) is 12.2 Å². The van der Waals surface area contributed by atoms with Gasteiger partial charge in [0.15, 0.2) is 0 Å². The molecule has 0 amide bonds. The molecule has 0 aliphatic carbocycles.